The third-order valence-electron chi connectivity index (χ3n) is 4.00. The topological polar surface area (TPSA) is 36.4 Å². The van der Waals surface area contributed by atoms with Crippen molar-refractivity contribution in [1.29, 1.82) is 0 Å². The van der Waals surface area contributed by atoms with E-state index in [0.29, 0.717) is 0 Å². The minimum Gasteiger partial charge on any atom is -0.391 e. The van der Waals surface area contributed by atoms with Crippen molar-refractivity contribution in [2.75, 3.05) is 7.05 Å². The summed E-state index contributed by atoms with van der Waals surface area (Å²) in [4.78, 5) is 6.28. The number of aliphatic hydroxyl groups is 1. The highest BCUT2D eigenvalue weighted by Crippen LogP contribution is 2.39. The number of aliphatic hydroxyl groups excluding tert-OH is 1. The van der Waals surface area contributed by atoms with Crippen LogP contribution in [0.1, 0.15) is 32.3 Å². The van der Waals surface area contributed by atoms with E-state index >= 15 is 0 Å². The molecule has 1 aliphatic rings. The standard InChI is InChI=1S/C14H22N2O/c1-14(2)7-4-12(13(14)17)16(3)10-11-5-8-15-9-6-11/h5-6,8-9,12-13,17H,4,7,10H2,1-3H3. The molecule has 0 aromatic carbocycles. The van der Waals surface area contributed by atoms with E-state index in [1.165, 1.54) is 5.56 Å². The molecular weight excluding hydrogens is 212 g/mol. The number of hydrogen-bond acceptors (Lipinski definition) is 3. The van der Waals surface area contributed by atoms with Crippen LogP contribution in [0.3, 0.4) is 0 Å². The van der Waals surface area contributed by atoms with Gasteiger partial charge in [-0.1, -0.05) is 13.8 Å². The van der Waals surface area contributed by atoms with Crippen LogP contribution in [0.15, 0.2) is 24.5 Å². The Morgan fingerprint density at radius 1 is 1.41 bits per heavy atom. The van der Waals surface area contributed by atoms with E-state index < -0.39 is 0 Å². The van der Waals surface area contributed by atoms with Gasteiger partial charge in [-0.05, 0) is 43.0 Å². The quantitative estimate of drug-likeness (QED) is 0.869. The molecule has 0 bridgehead atoms. The van der Waals surface area contributed by atoms with Crippen LogP contribution in [-0.4, -0.2) is 34.2 Å². The summed E-state index contributed by atoms with van der Waals surface area (Å²) in [6, 6.07) is 4.34. The van der Waals surface area contributed by atoms with Crippen LogP contribution in [0.25, 0.3) is 0 Å². The molecule has 94 valence electrons. The van der Waals surface area contributed by atoms with E-state index in [-0.39, 0.29) is 17.6 Å². The summed E-state index contributed by atoms with van der Waals surface area (Å²) in [6.07, 6.45) is 5.58. The van der Waals surface area contributed by atoms with Crippen molar-refractivity contribution < 1.29 is 5.11 Å². The van der Waals surface area contributed by atoms with Crippen LogP contribution in [0, 0.1) is 5.41 Å². The second kappa shape index (κ2) is 4.75. The van der Waals surface area contributed by atoms with Gasteiger partial charge in [-0.3, -0.25) is 9.88 Å². The molecule has 3 heteroatoms. The summed E-state index contributed by atoms with van der Waals surface area (Å²) < 4.78 is 0. The average molecular weight is 234 g/mol. The normalized spacial score (nSPS) is 27.6. The van der Waals surface area contributed by atoms with E-state index in [2.05, 4.69) is 30.8 Å². The van der Waals surface area contributed by atoms with Crippen molar-refractivity contribution in [3.05, 3.63) is 30.1 Å². The van der Waals surface area contributed by atoms with Gasteiger partial charge in [0.15, 0.2) is 0 Å². The highest BCUT2D eigenvalue weighted by molar-refractivity contribution is 5.10. The Hall–Kier alpha value is -0.930. The largest absolute Gasteiger partial charge is 0.391 e. The van der Waals surface area contributed by atoms with E-state index in [1.807, 2.05) is 24.5 Å². The Bertz CT molecular complexity index is 364. The molecule has 1 saturated carbocycles. The van der Waals surface area contributed by atoms with Crippen LogP contribution in [0.2, 0.25) is 0 Å². The molecular formula is C14H22N2O. The molecule has 1 aliphatic carbocycles. The maximum atomic E-state index is 10.3. The minimum atomic E-state index is -0.227. The highest BCUT2D eigenvalue weighted by Gasteiger charge is 2.42. The number of likely N-dealkylation sites (N-methyl/N-ethyl adjacent to an activating group) is 1. The van der Waals surface area contributed by atoms with Gasteiger partial charge in [-0.2, -0.15) is 0 Å². The average Bonchev–Trinajstić information content (AvgIpc) is 2.56. The Morgan fingerprint density at radius 3 is 2.59 bits per heavy atom. The Balaban J connectivity index is 2.00. The lowest BCUT2D eigenvalue weighted by molar-refractivity contribution is 0.0209. The summed E-state index contributed by atoms with van der Waals surface area (Å²) in [5.41, 5.74) is 1.30. The summed E-state index contributed by atoms with van der Waals surface area (Å²) in [5.74, 6) is 0. The maximum absolute atomic E-state index is 10.3. The second-order valence-electron chi connectivity index (χ2n) is 5.81. The van der Waals surface area contributed by atoms with Gasteiger partial charge in [0.2, 0.25) is 0 Å². The molecule has 0 saturated heterocycles. The molecule has 2 unspecified atom stereocenters. The SMILES string of the molecule is CN(Cc1ccncc1)C1CCC(C)(C)C1O. The van der Waals surface area contributed by atoms with E-state index in [0.717, 1.165) is 19.4 Å². The maximum Gasteiger partial charge on any atom is 0.0746 e. The lowest BCUT2D eigenvalue weighted by Crippen LogP contribution is -2.41. The molecule has 1 aromatic heterocycles. The predicted molar refractivity (Wildman–Crippen MR) is 68.5 cm³/mol. The fourth-order valence-electron chi connectivity index (χ4n) is 2.70. The third kappa shape index (κ3) is 2.67. The summed E-state index contributed by atoms with van der Waals surface area (Å²) in [7, 11) is 2.09. The molecule has 2 rings (SSSR count). The van der Waals surface area contributed by atoms with Crippen molar-refractivity contribution in [2.45, 2.75) is 45.4 Å². The molecule has 0 aliphatic heterocycles. The number of pyridine rings is 1. The van der Waals surface area contributed by atoms with Crippen molar-refractivity contribution in [3.63, 3.8) is 0 Å². The molecule has 17 heavy (non-hydrogen) atoms. The first-order valence-electron chi connectivity index (χ1n) is 6.28. The van der Waals surface area contributed by atoms with Crippen LogP contribution in [0.5, 0.6) is 0 Å². The first-order valence-corrected chi connectivity index (χ1v) is 6.28. The Kier molecular flexibility index (Phi) is 3.50. The van der Waals surface area contributed by atoms with E-state index in [1.54, 1.807) is 0 Å². The van der Waals surface area contributed by atoms with Crippen molar-refractivity contribution in [3.8, 4) is 0 Å². The minimum absolute atomic E-state index is 0.0527. The molecule has 0 amide bonds. The van der Waals surface area contributed by atoms with Gasteiger partial charge in [0.1, 0.15) is 0 Å². The molecule has 1 aromatic rings. The molecule has 1 N–H and O–H groups in total. The van der Waals surface area contributed by atoms with Crippen molar-refractivity contribution in [1.82, 2.24) is 9.88 Å². The molecule has 2 atom stereocenters. The lowest BCUT2D eigenvalue weighted by Gasteiger charge is -2.31. The fourth-order valence-corrected chi connectivity index (χ4v) is 2.70. The van der Waals surface area contributed by atoms with Gasteiger partial charge < -0.3 is 5.11 Å². The Labute approximate surface area is 103 Å². The number of nitrogens with zero attached hydrogens (tertiary/aromatic N) is 2. The smallest absolute Gasteiger partial charge is 0.0746 e. The first kappa shape index (κ1) is 12.5. The van der Waals surface area contributed by atoms with Crippen LogP contribution in [-0.2, 0) is 6.54 Å². The van der Waals surface area contributed by atoms with Gasteiger partial charge >= 0.3 is 0 Å². The lowest BCUT2D eigenvalue weighted by atomic mass is 9.88. The zero-order valence-corrected chi connectivity index (χ0v) is 10.9. The van der Waals surface area contributed by atoms with Crippen molar-refractivity contribution in [2.24, 2.45) is 5.41 Å². The van der Waals surface area contributed by atoms with Gasteiger partial charge in [0, 0.05) is 25.0 Å². The zero-order chi connectivity index (χ0) is 12.5. The van der Waals surface area contributed by atoms with Crippen LogP contribution in [0.4, 0.5) is 0 Å². The van der Waals surface area contributed by atoms with Crippen LogP contribution < -0.4 is 0 Å². The van der Waals surface area contributed by atoms with Gasteiger partial charge in [0.05, 0.1) is 6.10 Å². The zero-order valence-electron chi connectivity index (χ0n) is 10.9. The highest BCUT2D eigenvalue weighted by atomic mass is 16.3. The molecule has 1 heterocycles. The number of aromatic nitrogens is 1. The van der Waals surface area contributed by atoms with Gasteiger partial charge in [-0.15, -0.1) is 0 Å². The van der Waals surface area contributed by atoms with E-state index in [4.69, 9.17) is 0 Å². The van der Waals surface area contributed by atoms with E-state index in [9.17, 15) is 5.11 Å². The third-order valence-corrected chi connectivity index (χ3v) is 4.00. The van der Waals surface area contributed by atoms with Crippen LogP contribution >= 0.6 is 0 Å². The molecule has 1 fully saturated rings. The summed E-state index contributed by atoms with van der Waals surface area (Å²) in [6.45, 7) is 5.18. The monoisotopic (exact) mass is 234 g/mol. The van der Waals surface area contributed by atoms with Gasteiger partial charge in [0.25, 0.3) is 0 Å². The van der Waals surface area contributed by atoms with Gasteiger partial charge in [-0.25, -0.2) is 0 Å². The molecule has 0 spiro atoms. The number of hydrogen-bond donors (Lipinski definition) is 1. The predicted octanol–water partition coefficient (Wildman–Crippen LogP) is 2.06. The Morgan fingerprint density at radius 2 is 2.06 bits per heavy atom. The number of rotatable bonds is 3. The summed E-state index contributed by atoms with van der Waals surface area (Å²) in [5, 5.41) is 10.3. The molecule has 3 nitrogen and oxygen atoms in total. The summed E-state index contributed by atoms with van der Waals surface area (Å²) >= 11 is 0. The fraction of sp³-hybridized carbons (Fsp3) is 0.643. The molecule has 0 radical (unpaired) electrons. The first-order chi connectivity index (χ1) is 8.00. The second-order valence-corrected chi connectivity index (χ2v) is 5.81. The van der Waals surface area contributed by atoms with Crippen molar-refractivity contribution >= 4 is 0 Å².